The maximum absolute atomic E-state index is 13.9. The van der Waals surface area contributed by atoms with Crippen molar-refractivity contribution in [3.05, 3.63) is 99.2 Å². The summed E-state index contributed by atoms with van der Waals surface area (Å²) in [6.07, 6.45) is 1.47. The van der Waals surface area contributed by atoms with E-state index in [-0.39, 0.29) is 30.4 Å². The highest BCUT2D eigenvalue weighted by molar-refractivity contribution is 6.31. The van der Waals surface area contributed by atoms with E-state index in [4.69, 9.17) is 20.8 Å². The molecule has 2 aromatic carbocycles. The van der Waals surface area contributed by atoms with E-state index in [9.17, 15) is 14.4 Å². The number of pyridine rings is 1. The number of carbonyl (C=O) groups excluding carboxylic acids is 2. The highest BCUT2D eigenvalue weighted by Gasteiger charge is 2.31. The summed E-state index contributed by atoms with van der Waals surface area (Å²) >= 11 is 6.41. The van der Waals surface area contributed by atoms with Crippen LogP contribution in [0.15, 0.2) is 76.1 Å². The third-order valence-electron chi connectivity index (χ3n) is 6.48. The quantitative estimate of drug-likeness (QED) is 0.350. The van der Waals surface area contributed by atoms with Gasteiger partial charge in [0.2, 0.25) is 0 Å². The van der Waals surface area contributed by atoms with Gasteiger partial charge in [-0.3, -0.25) is 9.59 Å². The lowest BCUT2D eigenvalue weighted by Crippen LogP contribution is -2.49. The van der Waals surface area contributed by atoms with Crippen molar-refractivity contribution in [3.8, 4) is 0 Å². The van der Waals surface area contributed by atoms with Crippen LogP contribution in [0.2, 0.25) is 5.02 Å². The predicted octanol–water partition coefficient (Wildman–Crippen LogP) is 4.44. The number of anilines is 1. The van der Waals surface area contributed by atoms with E-state index in [2.05, 4.69) is 0 Å². The molecule has 0 N–H and O–H groups in total. The minimum Gasteiger partial charge on any atom is -0.462 e. The zero-order valence-corrected chi connectivity index (χ0v) is 21.1. The molecule has 0 atom stereocenters. The van der Waals surface area contributed by atoms with Gasteiger partial charge in [-0.2, -0.15) is 0 Å². The van der Waals surface area contributed by atoms with Crippen LogP contribution in [0.5, 0.6) is 0 Å². The van der Waals surface area contributed by atoms with Gasteiger partial charge in [-0.1, -0.05) is 41.9 Å². The predicted molar refractivity (Wildman–Crippen MR) is 142 cm³/mol. The number of halogens is 1. The Kier molecular flexibility index (Phi) is 7.01. The Balaban J connectivity index is 1.60. The van der Waals surface area contributed by atoms with Crippen LogP contribution in [-0.4, -0.2) is 54.1 Å². The Bertz CT molecular complexity index is 1490. The van der Waals surface area contributed by atoms with E-state index in [1.54, 1.807) is 46.7 Å². The molecular formula is C28H26ClN3O5. The molecule has 2 aromatic heterocycles. The molecule has 1 amide bonds. The van der Waals surface area contributed by atoms with Crippen molar-refractivity contribution in [1.29, 1.82) is 0 Å². The Labute approximate surface area is 218 Å². The molecule has 0 bridgehead atoms. The molecule has 1 aliphatic rings. The summed E-state index contributed by atoms with van der Waals surface area (Å²) in [4.78, 5) is 43.5. The monoisotopic (exact) mass is 519 g/mol. The van der Waals surface area contributed by atoms with Crippen molar-refractivity contribution in [3.63, 3.8) is 0 Å². The molecule has 0 spiro atoms. The van der Waals surface area contributed by atoms with Gasteiger partial charge in [0.1, 0.15) is 5.56 Å². The van der Waals surface area contributed by atoms with Crippen molar-refractivity contribution in [2.24, 2.45) is 0 Å². The summed E-state index contributed by atoms with van der Waals surface area (Å²) in [6, 6.07) is 18.2. The van der Waals surface area contributed by atoms with Gasteiger partial charge < -0.3 is 23.5 Å². The van der Waals surface area contributed by atoms with Gasteiger partial charge in [-0.15, -0.1) is 0 Å². The Morgan fingerprint density at radius 2 is 1.76 bits per heavy atom. The number of amides is 1. The molecular weight excluding hydrogens is 494 g/mol. The summed E-state index contributed by atoms with van der Waals surface area (Å²) in [5, 5.41) is 1.16. The lowest BCUT2D eigenvalue weighted by atomic mass is 10.0. The molecule has 5 rings (SSSR count). The normalized spacial score (nSPS) is 13.7. The van der Waals surface area contributed by atoms with Crippen LogP contribution >= 0.6 is 11.6 Å². The lowest BCUT2D eigenvalue weighted by molar-refractivity contribution is 0.0523. The third-order valence-corrected chi connectivity index (χ3v) is 6.71. The molecule has 8 nitrogen and oxygen atoms in total. The maximum Gasteiger partial charge on any atom is 0.345 e. The van der Waals surface area contributed by atoms with Crippen LogP contribution in [0.3, 0.4) is 0 Å². The standard InChI is InChI=1S/C28H26ClN3O5/c1-2-36-28(35)24-25(30-12-14-31(15-13-30)26(33)23-9-6-16-37-23)21-17-20(29)10-11-22(21)32(27(24)34)18-19-7-4-3-5-8-19/h3-11,16-17H,2,12-15,18H2,1H3. The number of rotatable bonds is 6. The molecule has 190 valence electrons. The zero-order chi connectivity index (χ0) is 25.9. The lowest BCUT2D eigenvalue weighted by Gasteiger charge is -2.37. The third kappa shape index (κ3) is 4.84. The van der Waals surface area contributed by atoms with Crippen molar-refractivity contribution >= 4 is 40.1 Å². The highest BCUT2D eigenvalue weighted by Crippen LogP contribution is 2.33. The van der Waals surface area contributed by atoms with Gasteiger partial charge in [0.05, 0.1) is 30.6 Å². The minimum atomic E-state index is -0.680. The van der Waals surface area contributed by atoms with Gasteiger partial charge in [-0.05, 0) is 42.8 Å². The van der Waals surface area contributed by atoms with Gasteiger partial charge in [0, 0.05) is 36.6 Å². The molecule has 0 unspecified atom stereocenters. The van der Waals surface area contributed by atoms with Gasteiger partial charge >= 0.3 is 5.97 Å². The van der Waals surface area contributed by atoms with Gasteiger partial charge in [0.25, 0.3) is 11.5 Å². The number of hydrogen-bond acceptors (Lipinski definition) is 6. The number of benzene rings is 2. The second kappa shape index (κ2) is 10.5. The largest absolute Gasteiger partial charge is 0.462 e. The van der Waals surface area contributed by atoms with E-state index in [0.717, 1.165) is 5.56 Å². The molecule has 4 aromatic rings. The maximum atomic E-state index is 13.9. The van der Waals surface area contributed by atoms with Crippen molar-refractivity contribution in [1.82, 2.24) is 9.47 Å². The number of hydrogen-bond donors (Lipinski definition) is 0. The first-order valence-corrected chi connectivity index (χ1v) is 12.5. The molecule has 9 heteroatoms. The fourth-order valence-corrected chi connectivity index (χ4v) is 4.91. The second-order valence-corrected chi connectivity index (χ2v) is 9.18. The summed E-state index contributed by atoms with van der Waals surface area (Å²) in [5.41, 5.74) is 1.61. The smallest absolute Gasteiger partial charge is 0.345 e. The second-order valence-electron chi connectivity index (χ2n) is 8.74. The summed E-state index contributed by atoms with van der Waals surface area (Å²) in [6.45, 7) is 3.77. The van der Waals surface area contributed by atoms with Crippen LogP contribution in [0.1, 0.15) is 33.4 Å². The van der Waals surface area contributed by atoms with Crippen molar-refractivity contribution < 1.29 is 18.7 Å². The van der Waals surface area contributed by atoms with Crippen molar-refractivity contribution in [2.75, 3.05) is 37.7 Å². The molecule has 37 heavy (non-hydrogen) atoms. The number of carbonyl (C=O) groups is 2. The molecule has 0 saturated carbocycles. The Morgan fingerprint density at radius 3 is 2.43 bits per heavy atom. The van der Waals surface area contributed by atoms with Gasteiger partial charge in [0.15, 0.2) is 5.76 Å². The van der Waals surface area contributed by atoms with Crippen LogP contribution < -0.4 is 10.5 Å². The molecule has 0 radical (unpaired) electrons. The first-order chi connectivity index (χ1) is 18.0. The average Bonchev–Trinajstić information content (AvgIpc) is 3.45. The molecule has 3 heterocycles. The summed E-state index contributed by atoms with van der Waals surface area (Å²) < 4.78 is 12.2. The number of esters is 1. The minimum absolute atomic E-state index is 0.0293. The number of aromatic nitrogens is 1. The fourth-order valence-electron chi connectivity index (χ4n) is 4.74. The fraction of sp³-hybridized carbons (Fsp3) is 0.250. The molecule has 1 aliphatic heterocycles. The summed E-state index contributed by atoms with van der Waals surface area (Å²) in [7, 11) is 0. The highest BCUT2D eigenvalue weighted by atomic mass is 35.5. The number of ether oxygens (including phenoxy) is 1. The topological polar surface area (TPSA) is 85.0 Å². The Hall–Kier alpha value is -4.04. The van der Waals surface area contributed by atoms with Crippen LogP contribution in [0.4, 0.5) is 5.69 Å². The first kappa shape index (κ1) is 24.6. The van der Waals surface area contributed by atoms with Gasteiger partial charge in [-0.25, -0.2) is 4.79 Å². The van der Waals surface area contributed by atoms with E-state index in [0.29, 0.717) is 47.8 Å². The number of fused-ring (bicyclic) bond motifs is 1. The Morgan fingerprint density at radius 1 is 1.00 bits per heavy atom. The van der Waals surface area contributed by atoms with Crippen LogP contribution in [-0.2, 0) is 11.3 Å². The SMILES string of the molecule is CCOC(=O)c1c(N2CCN(C(=O)c3ccco3)CC2)c2cc(Cl)ccc2n(Cc2ccccc2)c1=O. The zero-order valence-electron chi connectivity index (χ0n) is 20.4. The van der Waals surface area contributed by atoms with Crippen molar-refractivity contribution in [2.45, 2.75) is 13.5 Å². The van der Waals surface area contributed by atoms with E-state index in [1.807, 2.05) is 35.2 Å². The molecule has 1 fully saturated rings. The van der Waals surface area contributed by atoms with Crippen LogP contribution in [0, 0.1) is 0 Å². The number of piperazine rings is 1. The van der Waals surface area contributed by atoms with Crippen LogP contribution in [0.25, 0.3) is 10.9 Å². The molecule has 1 saturated heterocycles. The molecule has 0 aliphatic carbocycles. The van der Waals surface area contributed by atoms with E-state index >= 15 is 0 Å². The first-order valence-electron chi connectivity index (χ1n) is 12.1. The van der Waals surface area contributed by atoms with E-state index < -0.39 is 11.5 Å². The summed E-state index contributed by atoms with van der Waals surface area (Å²) in [5.74, 6) is -0.594. The van der Waals surface area contributed by atoms with E-state index in [1.165, 1.54) is 6.26 Å². The number of furan rings is 1. The average molecular weight is 520 g/mol. The number of nitrogens with zero attached hydrogens (tertiary/aromatic N) is 3.